The standard InChI is InChI=1S/C17H29NO/c1-2-14-3-5-15(6-4-14)11-16-7-9-17(10-8-16)12-19-13-18/h14-17H,2-12H2,1H3. The molecule has 0 heterocycles. The smallest absolute Gasteiger partial charge is 0.286 e. The molecule has 2 heteroatoms. The van der Waals surface area contributed by atoms with Gasteiger partial charge in [-0.25, -0.2) is 0 Å². The third-order valence-electron chi connectivity index (χ3n) is 5.56. The molecule has 0 N–H and O–H groups in total. The van der Waals surface area contributed by atoms with Crippen molar-refractivity contribution in [3.8, 4) is 6.26 Å². The molecule has 0 saturated heterocycles. The van der Waals surface area contributed by atoms with E-state index in [1.54, 1.807) is 6.26 Å². The number of nitrogens with zero attached hydrogens (tertiary/aromatic N) is 1. The van der Waals surface area contributed by atoms with Gasteiger partial charge in [-0.05, 0) is 42.9 Å². The fourth-order valence-corrected chi connectivity index (χ4v) is 4.14. The van der Waals surface area contributed by atoms with Crippen molar-refractivity contribution in [2.75, 3.05) is 6.61 Å². The van der Waals surface area contributed by atoms with Gasteiger partial charge >= 0.3 is 0 Å². The van der Waals surface area contributed by atoms with E-state index in [1.165, 1.54) is 64.2 Å². The van der Waals surface area contributed by atoms with E-state index in [0.29, 0.717) is 12.5 Å². The van der Waals surface area contributed by atoms with Crippen molar-refractivity contribution in [2.45, 2.75) is 71.1 Å². The minimum absolute atomic E-state index is 0.645. The first-order chi connectivity index (χ1) is 9.31. The Bertz CT molecular complexity index is 280. The van der Waals surface area contributed by atoms with E-state index >= 15 is 0 Å². The molecule has 108 valence electrons. The van der Waals surface area contributed by atoms with Crippen molar-refractivity contribution in [1.82, 2.24) is 0 Å². The van der Waals surface area contributed by atoms with Crippen molar-refractivity contribution >= 4 is 0 Å². The lowest BCUT2D eigenvalue weighted by atomic mass is 9.73. The zero-order valence-corrected chi connectivity index (χ0v) is 12.4. The van der Waals surface area contributed by atoms with Crippen molar-refractivity contribution in [2.24, 2.45) is 23.7 Å². The Hall–Kier alpha value is -0.710. The molecule has 0 unspecified atom stereocenters. The van der Waals surface area contributed by atoms with Crippen LogP contribution in [0.1, 0.15) is 71.1 Å². The van der Waals surface area contributed by atoms with Crippen LogP contribution in [0.15, 0.2) is 0 Å². The Balaban J connectivity index is 1.62. The number of nitriles is 1. The summed E-state index contributed by atoms with van der Waals surface area (Å²) < 4.78 is 4.89. The summed E-state index contributed by atoms with van der Waals surface area (Å²) in [6.45, 7) is 3.00. The fraction of sp³-hybridized carbons (Fsp3) is 0.941. The van der Waals surface area contributed by atoms with Crippen LogP contribution in [-0.2, 0) is 4.74 Å². The van der Waals surface area contributed by atoms with Gasteiger partial charge in [-0.2, -0.15) is 5.26 Å². The van der Waals surface area contributed by atoms with E-state index in [4.69, 9.17) is 10.00 Å². The van der Waals surface area contributed by atoms with E-state index in [0.717, 1.165) is 17.8 Å². The molecule has 2 aliphatic carbocycles. The van der Waals surface area contributed by atoms with E-state index < -0.39 is 0 Å². The van der Waals surface area contributed by atoms with Crippen LogP contribution in [0, 0.1) is 35.2 Å². The van der Waals surface area contributed by atoms with E-state index in [-0.39, 0.29) is 0 Å². The average Bonchev–Trinajstić information content (AvgIpc) is 2.47. The molecule has 0 amide bonds. The van der Waals surface area contributed by atoms with Gasteiger partial charge in [0.25, 0.3) is 6.26 Å². The highest BCUT2D eigenvalue weighted by Crippen LogP contribution is 2.38. The summed E-state index contributed by atoms with van der Waals surface area (Å²) in [4.78, 5) is 0. The molecular formula is C17H29NO. The lowest BCUT2D eigenvalue weighted by Crippen LogP contribution is -2.22. The Labute approximate surface area is 118 Å². The van der Waals surface area contributed by atoms with E-state index in [2.05, 4.69) is 6.92 Å². The second kappa shape index (κ2) is 7.78. The lowest BCUT2D eigenvalue weighted by Gasteiger charge is -2.33. The predicted octanol–water partition coefficient (Wildman–Crippen LogP) is 4.90. The van der Waals surface area contributed by atoms with Crippen molar-refractivity contribution < 1.29 is 4.74 Å². The quantitative estimate of drug-likeness (QED) is 0.661. The van der Waals surface area contributed by atoms with Gasteiger partial charge in [-0.15, -0.1) is 0 Å². The van der Waals surface area contributed by atoms with Gasteiger partial charge in [-0.3, -0.25) is 0 Å². The van der Waals surface area contributed by atoms with Crippen LogP contribution in [0.5, 0.6) is 0 Å². The molecule has 19 heavy (non-hydrogen) atoms. The molecule has 2 nitrogen and oxygen atoms in total. The van der Waals surface area contributed by atoms with Gasteiger partial charge in [0.1, 0.15) is 6.61 Å². The van der Waals surface area contributed by atoms with Crippen LogP contribution in [0.25, 0.3) is 0 Å². The summed E-state index contributed by atoms with van der Waals surface area (Å²) in [5, 5.41) is 8.43. The largest absolute Gasteiger partial charge is 0.427 e. The molecule has 0 radical (unpaired) electrons. The second-order valence-electron chi connectivity index (χ2n) is 6.82. The van der Waals surface area contributed by atoms with Crippen molar-refractivity contribution in [1.29, 1.82) is 5.26 Å². The molecule has 0 aromatic heterocycles. The lowest BCUT2D eigenvalue weighted by molar-refractivity contribution is 0.141. The minimum Gasteiger partial charge on any atom is -0.427 e. The summed E-state index contributed by atoms with van der Waals surface area (Å²) in [6.07, 6.45) is 15.9. The van der Waals surface area contributed by atoms with Crippen LogP contribution < -0.4 is 0 Å². The molecule has 2 aliphatic rings. The Kier molecular flexibility index (Phi) is 6.01. The van der Waals surface area contributed by atoms with Crippen LogP contribution in [0.4, 0.5) is 0 Å². The highest BCUT2D eigenvalue weighted by molar-refractivity contribution is 4.78. The number of ether oxygens (including phenoxy) is 1. The molecule has 2 fully saturated rings. The predicted molar refractivity (Wildman–Crippen MR) is 77.4 cm³/mol. The third kappa shape index (κ3) is 4.71. The first-order valence-corrected chi connectivity index (χ1v) is 8.32. The number of hydrogen-bond acceptors (Lipinski definition) is 2. The van der Waals surface area contributed by atoms with Gasteiger partial charge in [0.05, 0.1) is 0 Å². The summed E-state index contributed by atoms with van der Waals surface area (Å²) >= 11 is 0. The van der Waals surface area contributed by atoms with E-state index in [9.17, 15) is 0 Å². The second-order valence-corrected chi connectivity index (χ2v) is 6.82. The highest BCUT2D eigenvalue weighted by Gasteiger charge is 2.26. The Morgan fingerprint density at radius 2 is 1.32 bits per heavy atom. The molecule has 0 aliphatic heterocycles. The monoisotopic (exact) mass is 263 g/mol. The molecule has 2 rings (SSSR count). The van der Waals surface area contributed by atoms with Crippen LogP contribution in [0.2, 0.25) is 0 Å². The Morgan fingerprint density at radius 1 is 0.842 bits per heavy atom. The first-order valence-electron chi connectivity index (χ1n) is 8.32. The van der Waals surface area contributed by atoms with Gasteiger partial charge < -0.3 is 4.74 Å². The number of hydrogen-bond donors (Lipinski definition) is 0. The molecule has 0 atom stereocenters. The SMILES string of the molecule is CCC1CCC(CC2CCC(COC#N)CC2)CC1. The molecule has 2 saturated carbocycles. The maximum Gasteiger partial charge on any atom is 0.286 e. The molecule has 0 aromatic carbocycles. The van der Waals surface area contributed by atoms with Crippen LogP contribution in [-0.4, -0.2) is 6.61 Å². The summed E-state index contributed by atoms with van der Waals surface area (Å²) in [5.74, 6) is 3.64. The maximum absolute atomic E-state index is 8.43. The topological polar surface area (TPSA) is 33.0 Å². The first kappa shape index (κ1) is 14.7. The summed E-state index contributed by atoms with van der Waals surface area (Å²) in [6, 6.07) is 0. The van der Waals surface area contributed by atoms with Gasteiger partial charge in [-0.1, -0.05) is 51.9 Å². The van der Waals surface area contributed by atoms with Gasteiger partial charge in [0.2, 0.25) is 0 Å². The maximum atomic E-state index is 8.43. The minimum atomic E-state index is 0.645. The fourth-order valence-electron chi connectivity index (χ4n) is 4.14. The normalized spacial score (nSPS) is 35.6. The van der Waals surface area contributed by atoms with Crippen molar-refractivity contribution in [3.05, 3.63) is 0 Å². The zero-order chi connectivity index (χ0) is 13.5. The van der Waals surface area contributed by atoms with E-state index in [1.807, 2.05) is 0 Å². The van der Waals surface area contributed by atoms with Gasteiger partial charge in [0, 0.05) is 0 Å². The van der Waals surface area contributed by atoms with Crippen LogP contribution >= 0.6 is 0 Å². The third-order valence-corrected chi connectivity index (χ3v) is 5.56. The Morgan fingerprint density at radius 3 is 1.79 bits per heavy atom. The summed E-state index contributed by atoms with van der Waals surface area (Å²) in [5.41, 5.74) is 0. The highest BCUT2D eigenvalue weighted by atomic mass is 16.5. The number of rotatable bonds is 5. The van der Waals surface area contributed by atoms with Crippen LogP contribution in [0.3, 0.4) is 0 Å². The zero-order valence-electron chi connectivity index (χ0n) is 12.4. The molecule has 0 spiro atoms. The summed E-state index contributed by atoms with van der Waals surface area (Å²) in [7, 11) is 0. The molecule has 0 aromatic rings. The molecular weight excluding hydrogens is 234 g/mol. The van der Waals surface area contributed by atoms with Crippen molar-refractivity contribution in [3.63, 3.8) is 0 Å². The van der Waals surface area contributed by atoms with Gasteiger partial charge in [0.15, 0.2) is 0 Å². The molecule has 0 bridgehead atoms. The average molecular weight is 263 g/mol.